The van der Waals surface area contributed by atoms with Crippen LogP contribution >= 0.6 is 0 Å². The smallest absolute Gasteiger partial charge is 0.243 e. The summed E-state index contributed by atoms with van der Waals surface area (Å²) in [6, 6.07) is 24.1. The van der Waals surface area contributed by atoms with Crippen LogP contribution in [0.5, 0.6) is 0 Å². The van der Waals surface area contributed by atoms with Crippen molar-refractivity contribution in [3.05, 3.63) is 102 Å². The Balaban J connectivity index is 1.45. The molecule has 2 aliphatic heterocycles. The van der Waals surface area contributed by atoms with Crippen molar-refractivity contribution >= 4 is 10.0 Å². The van der Waals surface area contributed by atoms with E-state index in [1.54, 1.807) is 16.4 Å². The zero-order valence-corrected chi connectivity index (χ0v) is 21.0. The summed E-state index contributed by atoms with van der Waals surface area (Å²) in [5.41, 5.74) is 5.44. The van der Waals surface area contributed by atoms with Crippen molar-refractivity contribution in [1.29, 1.82) is 0 Å². The first-order valence-corrected chi connectivity index (χ1v) is 13.6. The molecule has 35 heavy (non-hydrogen) atoms. The Morgan fingerprint density at radius 2 is 1.63 bits per heavy atom. The van der Waals surface area contributed by atoms with E-state index in [2.05, 4.69) is 60.4 Å². The minimum absolute atomic E-state index is 0.000660. The van der Waals surface area contributed by atoms with Crippen LogP contribution in [0.2, 0.25) is 0 Å². The van der Waals surface area contributed by atoms with Crippen molar-refractivity contribution in [2.45, 2.75) is 36.7 Å². The van der Waals surface area contributed by atoms with E-state index >= 15 is 0 Å². The molecule has 0 amide bonds. The topological polar surface area (TPSA) is 60.9 Å². The molecule has 5 nitrogen and oxygen atoms in total. The lowest BCUT2D eigenvalue weighted by Crippen LogP contribution is -2.67. The third-order valence-corrected chi connectivity index (χ3v) is 9.40. The van der Waals surface area contributed by atoms with Gasteiger partial charge in [0.2, 0.25) is 10.0 Å². The van der Waals surface area contributed by atoms with Gasteiger partial charge in [-0.1, -0.05) is 84.4 Å². The van der Waals surface area contributed by atoms with Crippen molar-refractivity contribution in [3.63, 3.8) is 0 Å². The molecule has 0 aromatic heterocycles. The van der Waals surface area contributed by atoms with E-state index in [1.807, 2.05) is 31.2 Å². The number of hydrogen-bond acceptors (Lipinski definition) is 4. The predicted octanol–water partition coefficient (Wildman–Crippen LogP) is 4.36. The van der Waals surface area contributed by atoms with Gasteiger partial charge in [-0.15, -0.1) is 0 Å². The normalized spacial score (nSPS) is 24.1. The number of hydrogen-bond donors (Lipinski definition) is 1. The van der Waals surface area contributed by atoms with Gasteiger partial charge in [0, 0.05) is 37.6 Å². The molecule has 2 aliphatic rings. The Bertz CT molecular complexity index is 1330. The molecular weight excluding hydrogens is 456 g/mol. The Morgan fingerprint density at radius 1 is 0.886 bits per heavy atom. The average Bonchev–Trinajstić information content (AvgIpc) is 2.83. The molecule has 1 fully saturated rings. The third-order valence-electron chi connectivity index (χ3n) is 7.41. The second-order valence-electron chi connectivity index (χ2n) is 9.59. The molecule has 182 valence electrons. The maximum atomic E-state index is 13.6. The van der Waals surface area contributed by atoms with Crippen molar-refractivity contribution in [1.82, 2.24) is 9.21 Å². The molecule has 1 saturated heterocycles. The summed E-state index contributed by atoms with van der Waals surface area (Å²) >= 11 is 0. The standard InChI is InChI=1S/C29H32N2O3S/c1-21-8-7-10-25(18-21)23-12-14-24(15-13-23)29-26-19-30(16-5-6-17-31(26)27(29)20-32)35(33,34)28-11-4-3-9-22(28)2/h3-15,18,26-27,29,32H,16-17,19-20H2,1-2H3/b6-5-/t26-,27+,29-/m0/s1. The quantitative estimate of drug-likeness (QED) is 0.542. The van der Waals surface area contributed by atoms with E-state index in [1.165, 1.54) is 11.1 Å². The minimum atomic E-state index is -3.64. The van der Waals surface area contributed by atoms with E-state index in [0.29, 0.717) is 24.5 Å². The van der Waals surface area contributed by atoms with Crippen molar-refractivity contribution in [2.75, 3.05) is 26.2 Å². The molecule has 0 radical (unpaired) electrons. The van der Waals surface area contributed by atoms with Crippen LogP contribution < -0.4 is 0 Å². The number of benzene rings is 3. The molecule has 0 saturated carbocycles. The maximum Gasteiger partial charge on any atom is 0.243 e. The number of rotatable bonds is 5. The molecule has 3 aromatic carbocycles. The second kappa shape index (κ2) is 9.70. The molecule has 2 heterocycles. The summed E-state index contributed by atoms with van der Waals surface area (Å²) in [7, 11) is -3.64. The third kappa shape index (κ3) is 4.47. The van der Waals surface area contributed by atoms with Gasteiger partial charge in [0.1, 0.15) is 0 Å². The predicted molar refractivity (Wildman–Crippen MR) is 140 cm³/mol. The molecule has 1 N–H and O–H groups in total. The van der Waals surface area contributed by atoms with Crippen LogP contribution in [0, 0.1) is 13.8 Å². The van der Waals surface area contributed by atoms with Crippen LogP contribution in [0.15, 0.2) is 89.8 Å². The summed E-state index contributed by atoms with van der Waals surface area (Å²) < 4.78 is 28.8. The summed E-state index contributed by atoms with van der Waals surface area (Å²) in [4.78, 5) is 2.59. The largest absolute Gasteiger partial charge is 0.395 e. The van der Waals surface area contributed by atoms with Crippen LogP contribution in [-0.4, -0.2) is 61.1 Å². The first-order valence-electron chi connectivity index (χ1n) is 12.1. The highest BCUT2D eigenvalue weighted by atomic mass is 32.2. The molecule has 0 spiro atoms. The molecule has 0 unspecified atom stereocenters. The van der Waals surface area contributed by atoms with Gasteiger partial charge in [-0.2, -0.15) is 4.31 Å². The highest BCUT2D eigenvalue weighted by Gasteiger charge is 2.49. The number of sulfonamides is 1. The van der Waals surface area contributed by atoms with E-state index in [0.717, 1.165) is 16.7 Å². The van der Waals surface area contributed by atoms with E-state index in [4.69, 9.17) is 0 Å². The fourth-order valence-electron chi connectivity index (χ4n) is 5.54. The van der Waals surface area contributed by atoms with Crippen molar-refractivity contribution in [3.8, 4) is 11.1 Å². The van der Waals surface area contributed by atoms with Crippen LogP contribution in [0.3, 0.4) is 0 Å². The Hall–Kier alpha value is -2.77. The molecular formula is C29H32N2O3S. The van der Waals surface area contributed by atoms with Gasteiger partial charge >= 0.3 is 0 Å². The van der Waals surface area contributed by atoms with Crippen molar-refractivity contribution < 1.29 is 13.5 Å². The van der Waals surface area contributed by atoms with Crippen molar-refractivity contribution in [2.24, 2.45) is 0 Å². The fraction of sp³-hybridized carbons (Fsp3) is 0.310. The number of nitrogens with zero attached hydrogens (tertiary/aromatic N) is 2. The highest BCUT2D eigenvalue weighted by molar-refractivity contribution is 7.89. The first-order chi connectivity index (χ1) is 16.9. The van der Waals surface area contributed by atoms with Gasteiger partial charge in [-0.25, -0.2) is 8.42 Å². The van der Waals surface area contributed by atoms with Crippen LogP contribution in [0.25, 0.3) is 11.1 Å². The van der Waals surface area contributed by atoms with Gasteiger partial charge in [-0.3, -0.25) is 4.90 Å². The number of fused-ring (bicyclic) bond motifs is 1. The first kappa shape index (κ1) is 23.9. The van der Waals surface area contributed by atoms with Gasteiger partial charge < -0.3 is 5.11 Å². The molecule has 5 rings (SSSR count). The Morgan fingerprint density at radius 3 is 2.34 bits per heavy atom. The number of aliphatic hydroxyl groups is 1. The van der Waals surface area contributed by atoms with Gasteiger partial charge in [0.25, 0.3) is 0 Å². The Kier molecular flexibility index (Phi) is 6.64. The maximum absolute atomic E-state index is 13.6. The lowest BCUT2D eigenvalue weighted by Gasteiger charge is -2.56. The molecule has 3 aromatic rings. The number of aliphatic hydroxyl groups excluding tert-OH is 1. The van der Waals surface area contributed by atoms with Crippen LogP contribution in [0.4, 0.5) is 0 Å². The van der Waals surface area contributed by atoms with Crippen LogP contribution in [0.1, 0.15) is 22.6 Å². The van der Waals surface area contributed by atoms with E-state index in [9.17, 15) is 13.5 Å². The monoisotopic (exact) mass is 488 g/mol. The SMILES string of the molecule is Cc1cccc(-c2ccc([C@@H]3[C@@H](CO)N4C/C=C\CN(S(=O)(=O)c5ccccc5C)C[C@@H]34)cc2)c1. The highest BCUT2D eigenvalue weighted by Crippen LogP contribution is 2.42. The molecule has 3 atom stereocenters. The lowest BCUT2D eigenvalue weighted by molar-refractivity contribution is -0.0415. The summed E-state index contributed by atoms with van der Waals surface area (Å²) in [6.07, 6.45) is 3.94. The Labute approximate surface area is 208 Å². The summed E-state index contributed by atoms with van der Waals surface area (Å²) in [6.45, 7) is 5.42. The van der Waals surface area contributed by atoms with Gasteiger partial charge in [-0.05, 0) is 42.2 Å². The number of aryl methyl sites for hydroxylation is 2. The summed E-state index contributed by atoms with van der Waals surface area (Å²) in [5.74, 6) is 0.0626. The second-order valence-corrected chi connectivity index (χ2v) is 11.5. The zero-order valence-electron chi connectivity index (χ0n) is 20.2. The van der Waals surface area contributed by atoms with Gasteiger partial charge in [0.05, 0.1) is 11.5 Å². The fourth-order valence-corrected chi connectivity index (χ4v) is 7.18. The molecule has 0 aliphatic carbocycles. The van der Waals surface area contributed by atoms with E-state index < -0.39 is 10.0 Å². The lowest BCUT2D eigenvalue weighted by atomic mass is 9.74. The summed E-state index contributed by atoms with van der Waals surface area (Å²) in [5, 5.41) is 10.2. The average molecular weight is 489 g/mol. The molecule has 0 bridgehead atoms. The minimum Gasteiger partial charge on any atom is -0.395 e. The van der Waals surface area contributed by atoms with Crippen LogP contribution in [-0.2, 0) is 10.0 Å². The zero-order chi connectivity index (χ0) is 24.6. The van der Waals surface area contributed by atoms with E-state index in [-0.39, 0.29) is 24.6 Å². The van der Waals surface area contributed by atoms with Gasteiger partial charge in [0.15, 0.2) is 0 Å². The molecule has 6 heteroatoms.